The number of hydrogen-bond acceptors (Lipinski definition) is 3. The van der Waals surface area contributed by atoms with Crippen LogP contribution in [0.15, 0.2) is 5.16 Å². The first-order valence-electron chi connectivity index (χ1n) is 4.39. The summed E-state index contributed by atoms with van der Waals surface area (Å²) in [7, 11) is 0. The quantitative estimate of drug-likeness (QED) is 0.244. The van der Waals surface area contributed by atoms with Crippen LogP contribution < -0.4 is 11.1 Å². The van der Waals surface area contributed by atoms with E-state index in [1.807, 2.05) is 0 Å². The van der Waals surface area contributed by atoms with Crippen molar-refractivity contribution in [3.63, 3.8) is 0 Å². The van der Waals surface area contributed by atoms with Crippen molar-refractivity contribution in [3.8, 4) is 0 Å². The largest absolute Gasteiger partial charge is 0.409 e. The van der Waals surface area contributed by atoms with Gasteiger partial charge in [0.25, 0.3) is 0 Å². The molecule has 0 spiro atoms. The molecule has 12 heavy (non-hydrogen) atoms. The van der Waals surface area contributed by atoms with E-state index in [2.05, 4.69) is 17.4 Å². The predicted molar refractivity (Wildman–Crippen MR) is 48.2 cm³/mol. The lowest BCUT2D eigenvalue weighted by molar-refractivity contribution is 0.314. The van der Waals surface area contributed by atoms with Crippen molar-refractivity contribution >= 4 is 5.84 Å². The van der Waals surface area contributed by atoms with Crippen LogP contribution in [0.5, 0.6) is 0 Å². The Morgan fingerprint density at radius 1 is 1.67 bits per heavy atom. The average molecular weight is 171 g/mol. The SMILES string of the molecule is CCNCC1(CC(N)=NO)CC1. The lowest BCUT2D eigenvalue weighted by atomic mass is 10.0. The molecule has 0 amide bonds. The van der Waals surface area contributed by atoms with Gasteiger partial charge < -0.3 is 16.3 Å². The Balaban J connectivity index is 2.29. The summed E-state index contributed by atoms with van der Waals surface area (Å²) in [5.74, 6) is 0.352. The highest BCUT2D eigenvalue weighted by atomic mass is 16.4. The molecule has 0 bridgehead atoms. The molecule has 70 valence electrons. The Labute approximate surface area is 72.8 Å². The maximum Gasteiger partial charge on any atom is 0.139 e. The van der Waals surface area contributed by atoms with Crippen LogP contribution in [0.3, 0.4) is 0 Å². The van der Waals surface area contributed by atoms with E-state index in [0.717, 1.165) is 19.5 Å². The smallest absolute Gasteiger partial charge is 0.139 e. The standard InChI is InChI=1S/C8H17N3O/c1-2-10-6-8(3-4-8)5-7(9)11-12/h10,12H,2-6H2,1H3,(H2,9,11). The first-order chi connectivity index (χ1) is 5.72. The molecule has 4 heteroatoms. The molecule has 0 atom stereocenters. The molecular formula is C8H17N3O. The van der Waals surface area contributed by atoms with Gasteiger partial charge >= 0.3 is 0 Å². The number of amidine groups is 1. The molecule has 0 aromatic carbocycles. The Bertz CT molecular complexity index is 175. The van der Waals surface area contributed by atoms with Crippen LogP contribution in [0, 0.1) is 5.41 Å². The molecule has 0 heterocycles. The van der Waals surface area contributed by atoms with Crippen LogP contribution in [0.2, 0.25) is 0 Å². The summed E-state index contributed by atoms with van der Waals surface area (Å²) >= 11 is 0. The number of nitrogens with zero attached hydrogens (tertiary/aromatic N) is 1. The highest BCUT2D eigenvalue weighted by Crippen LogP contribution is 2.48. The van der Waals surface area contributed by atoms with Gasteiger partial charge in [0.15, 0.2) is 0 Å². The first-order valence-corrected chi connectivity index (χ1v) is 4.39. The van der Waals surface area contributed by atoms with Crippen molar-refractivity contribution in [3.05, 3.63) is 0 Å². The summed E-state index contributed by atoms with van der Waals surface area (Å²) in [5.41, 5.74) is 5.74. The van der Waals surface area contributed by atoms with Gasteiger partial charge in [0, 0.05) is 13.0 Å². The zero-order valence-corrected chi connectivity index (χ0v) is 7.51. The number of nitrogens with one attached hydrogen (secondary N) is 1. The van der Waals surface area contributed by atoms with Gasteiger partial charge in [0.2, 0.25) is 0 Å². The Morgan fingerprint density at radius 2 is 2.33 bits per heavy atom. The summed E-state index contributed by atoms with van der Waals surface area (Å²) < 4.78 is 0. The van der Waals surface area contributed by atoms with E-state index in [-0.39, 0.29) is 0 Å². The average Bonchev–Trinajstić information content (AvgIpc) is 2.82. The molecule has 0 aromatic rings. The molecule has 0 unspecified atom stereocenters. The van der Waals surface area contributed by atoms with Gasteiger partial charge in [-0.15, -0.1) is 0 Å². The van der Waals surface area contributed by atoms with E-state index in [1.165, 1.54) is 12.8 Å². The zero-order valence-electron chi connectivity index (χ0n) is 7.51. The minimum atomic E-state index is 0.298. The van der Waals surface area contributed by atoms with E-state index in [9.17, 15) is 0 Å². The normalized spacial score (nSPS) is 20.9. The second-order valence-corrected chi connectivity index (χ2v) is 3.55. The molecule has 4 nitrogen and oxygen atoms in total. The van der Waals surface area contributed by atoms with Crippen LogP contribution in [0.4, 0.5) is 0 Å². The van der Waals surface area contributed by atoms with Gasteiger partial charge in [-0.05, 0) is 24.8 Å². The third-order valence-corrected chi connectivity index (χ3v) is 2.39. The molecule has 4 N–H and O–H groups in total. The lowest BCUT2D eigenvalue weighted by Crippen LogP contribution is -2.28. The second-order valence-electron chi connectivity index (χ2n) is 3.55. The third kappa shape index (κ3) is 2.37. The lowest BCUT2D eigenvalue weighted by Gasteiger charge is -2.13. The molecule has 1 aliphatic carbocycles. The molecule has 0 aromatic heterocycles. The van der Waals surface area contributed by atoms with Crippen molar-refractivity contribution in [2.24, 2.45) is 16.3 Å². The first kappa shape index (κ1) is 9.32. The summed E-state index contributed by atoms with van der Waals surface area (Å²) in [5, 5.41) is 14.7. The van der Waals surface area contributed by atoms with E-state index in [1.54, 1.807) is 0 Å². The van der Waals surface area contributed by atoms with E-state index < -0.39 is 0 Å². The fraction of sp³-hybridized carbons (Fsp3) is 0.875. The van der Waals surface area contributed by atoms with Gasteiger partial charge in [-0.25, -0.2) is 0 Å². The van der Waals surface area contributed by atoms with Crippen molar-refractivity contribution in [1.29, 1.82) is 0 Å². The van der Waals surface area contributed by atoms with Crippen LogP contribution in [0.25, 0.3) is 0 Å². The van der Waals surface area contributed by atoms with Gasteiger partial charge in [-0.2, -0.15) is 0 Å². The van der Waals surface area contributed by atoms with Crippen molar-refractivity contribution in [2.45, 2.75) is 26.2 Å². The predicted octanol–water partition coefficient (Wildman–Crippen LogP) is 0.513. The van der Waals surface area contributed by atoms with Crippen molar-refractivity contribution in [1.82, 2.24) is 5.32 Å². The van der Waals surface area contributed by atoms with E-state index in [4.69, 9.17) is 10.9 Å². The summed E-state index contributed by atoms with van der Waals surface area (Å²) in [6, 6.07) is 0. The van der Waals surface area contributed by atoms with Crippen molar-refractivity contribution < 1.29 is 5.21 Å². The van der Waals surface area contributed by atoms with Gasteiger partial charge in [0.1, 0.15) is 5.84 Å². The van der Waals surface area contributed by atoms with Gasteiger partial charge in [0.05, 0.1) is 0 Å². The Hall–Kier alpha value is -0.770. The number of rotatable bonds is 5. The highest BCUT2D eigenvalue weighted by Gasteiger charge is 2.42. The van der Waals surface area contributed by atoms with Crippen molar-refractivity contribution in [2.75, 3.05) is 13.1 Å². The van der Waals surface area contributed by atoms with Gasteiger partial charge in [-0.1, -0.05) is 12.1 Å². The molecule has 0 aliphatic heterocycles. The van der Waals surface area contributed by atoms with Crippen LogP contribution in [-0.4, -0.2) is 24.1 Å². The molecule has 0 radical (unpaired) electrons. The molecule has 0 saturated heterocycles. The Morgan fingerprint density at radius 3 is 2.75 bits per heavy atom. The fourth-order valence-electron chi connectivity index (χ4n) is 1.40. The fourth-order valence-corrected chi connectivity index (χ4v) is 1.40. The molecule has 1 saturated carbocycles. The highest BCUT2D eigenvalue weighted by molar-refractivity contribution is 5.80. The molecule has 1 rings (SSSR count). The van der Waals surface area contributed by atoms with Crippen LogP contribution >= 0.6 is 0 Å². The zero-order chi connectivity index (χ0) is 9.03. The topological polar surface area (TPSA) is 70.6 Å². The summed E-state index contributed by atoms with van der Waals surface area (Å²) in [6.07, 6.45) is 3.10. The maximum atomic E-state index is 8.39. The molecule has 1 aliphatic rings. The number of hydrogen-bond donors (Lipinski definition) is 3. The molecule has 1 fully saturated rings. The minimum Gasteiger partial charge on any atom is -0.409 e. The Kier molecular flexibility index (Phi) is 2.92. The van der Waals surface area contributed by atoms with E-state index >= 15 is 0 Å². The number of oxime groups is 1. The van der Waals surface area contributed by atoms with Crippen LogP contribution in [-0.2, 0) is 0 Å². The third-order valence-electron chi connectivity index (χ3n) is 2.39. The maximum absolute atomic E-state index is 8.39. The monoisotopic (exact) mass is 171 g/mol. The molecular weight excluding hydrogens is 154 g/mol. The number of nitrogens with two attached hydrogens (primary N) is 1. The minimum absolute atomic E-state index is 0.298. The summed E-state index contributed by atoms with van der Waals surface area (Å²) in [6.45, 7) is 4.05. The second kappa shape index (κ2) is 3.76. The summed E-state index contributed by atoms with van der Waals surface area (Å²) in [4.78, 5) is 0. The van der Waals surface area contributed by atoms with E-state index in [0.29, 0.717) is 11.3 Å². The van der Waals surface area contributed by atoms with Crippen LogP contribution in [0.1, 0.15) is 26.2 Å². The van der Waals surface area contributed by atoms with Gasteiger partial charge in [-0.3, -0.25) is 0 Å².